The second kappa shape index (κ2) is 25.1. The van der Waals surface area contributed by atoms with Crippen LogP contribution in [-0.2, 0) is 47.7 Å². The molecule has 3 N–H and O–H groups in total. The standard InChI is InChI=1S/C51H79NO13/c1-30-16-12-11-13-17-31(2)42(61-8)28-38-21-19-36(7)51(60,65-38)48(57)49(58)52-23-15-14-18-39(52)50(59)64-43(33(4)26-37-20-22-40(53)44(27-37)62-9)29-41(54)32(3)25-35(6)46(56)47(63-10)45(55)34(5)24-30/h11-13,16-17,25,30,32-34,36-40,42-44,46-47,53,56,60H,14-15,18-24,26-29H2,1-10H3/b13-11+,16-12+,31-17+,35-25+/t30-,32?,33-,34?,36?,37+,38+,39?,40?,42+,43+,44-,46?,47+,51?/m1/s1. The summed E-state index contributed by atoms with van der Waals surface area (Å²) < 4.78 is 29.4. The highest BCUT2D eigenvalue weighted by atomic mass is 16.6. The zero-order valence-corrected chi connectivity index (χ0v) is 40.6. The molecule has 0 aromatic carbocycles. The van der Waals surface area contributed by atoms with E-state index >= 15 is 0 Å². The lowest BCUT2D eigenvalue weighted by atomic mass is 9.78. The van der Waals surface area contributed by atoms with Crippen molar-refractivity contribution >= 4 is 29.2 Å². The highest BCUT2D eigenvalue weighted by molar-refractivity contribution is 6.39. The van der Waals surface area contributed by atoms with Crippen molar-refractivity contribution in [2.45, 2.75) is 180 Å². The van der Waals surface area contributed by atoms with E-state index in [9.17, 15) is 39.3 Å². The van der Waals surface area contributed by atoms with E-state index in [0.717, 1.165) is 12.0 Å². The Hall–Kier alpha value is -3.37. The number of aliphatic hydroxyl groups is 3. The molecule has 3 fully saturated rings. The fourth-order valence-electron chi connectivity index (χ4n) is 10.1. The minimum atomic E-state index is -2.43. The largest absolute Gasteiger partial charge is 0.460 e. The third-order valence-corrected chi connectivity index (χ3v) is 14.5. The van der Waals surface area contributed by atoms with Crippen LogP contribution in [-0.4, -0.2) is 132 Å². The molecule has 0 aromatic heterocycles. The lowest BCUT2D eigenvalue weighted by molar-refractivity contribution is -0.265. The van der Waals surface area contributed by atoms with Gasteiger partial charge in [-0.3, -0.25) is 19.2 Å². The maximum Gasteiger partial charge on any atom is 0.329 e. The molecule has 3 heterocycles. The lowest BCUT2D eigenvalue weighted by Crippen LogP contribution is -2.61. The van der Waals surface area contributed by atoms with Crippen LogP contribution in [0.4, 0.5) is 0 Å². The fraction of sp³-hybridized carbons (Fsp3) is 0.745. The third-order valence-electron chi connectivity index (χ3n) is 14.5. The van der Waals surface area contributed by atoms with Crippen LogP contribution in [0.5, 0.6) is 0 Å². The molecule has 0 aromatic rings. The molecule has 2 saturated heterocycles. The number of nitrogens with zero attached hydrogens (tertiary/aromatic N) is 1. The smallest absolute Gasteiger partial charge is 0.329 e. The molecule has 7 unspecified atom stereocenters. The lowest BCUT2D eigenvalue weighted by Gasteiger charge is -2.42. The molecular weight excluding hydrogens is 835 g/mol. The molecule has 1 aliphatic carbocycles. The normalized spacial score (nSPS) is 40.4. The van der Waals surface area contributed by atoms with Crippen molar-refractivity contribution in [2.24, 2.45) is 35.5 Å². The SMILES string of the molecule is CO[C@H]1C[C@@H]2CCC(C)C(O)(O2)C(=O)C(=O)N2CCCCC2C(=O)O[C@H]([C@H](C)C[C@@H]2CCC(O)[C@H](OC)C2)CC(=O)C(C)/C=C(\C)C(O)[C@@H](OC)C(=O)C(C)C[C@H](C)/C=C/C=C/C=C/1C. The second-order valence-electron chi connectivity index (χ2n) is 19.6. The monoisotopic (exact) mass is 914 g/mol. The molecule has 0 radical (unpaired) electrons. The summed E-state index contributed by atoms with van der Waals surface area (Å²) in [4.78, 5) is 71.8. The molecule has 4 aliphatic rings. The Morgan fingerprint density at radius 3 is 2.25 bits per heavy atom. The van der Waals surface area contributed by atoms with Gasteiger partial charge in [-0.15, -0.1) is 0 Å². The minimum absolute atomic E-state index is 0.0193. The Labute approximate surface area is 387 Å². The van der Waals surface area contributed by atoms with Crippen molar-refractivity contribution in [3.8, 4) is 0 Å². The van der Waals surface area contributed by atoms with E-state index in [1.54, 1.807) is 41.1 Å². The summed E-state index contributed by atoms with van der Waals surface area (Å²) in [6.07, 6.45) is 11.2. The number of hydrogen-bond donors (Lipinski definition) is 3. The van der Waals surface area contributed by atoms with Crippen molar-refractivity contribution in [1.82, 2.24) is 4.90 Å². The fourth-order valence-corrected chi connectivity index (χ4v) is 10.1. The van der Waals surface area contributed by atoms with Gasteiger partial charge >= 0.3 is 5.97 Å². The minimum Gasteiger partial charge on any atom is -0.460 e. The molecule has 14 heteroatoms. The molecule has 4 rings (SSSR count). The Balaban J connectivity index is 1.70. The summed E-state index contributed by atoms with van der Waals surface area (Å²) in [7, 11) is 4.52. The summed E-state index contributed by atoms with van der Waals surface area (Å²) in [5.41, 5.74) is 1.27. The van der Waals surface area contributed by atoms with Gasteiger partial charge in [0.2, 0.25) is 5.79 Å². The summed E-state index contributed by atoms with van der Waals surface area (Å²) in [6, 6.07) is -1.14. The number of ether oxygens (including phenoxy) is 5. The Morgan fingerprint density at radius 2 is 1.57 bits per heavy atom. The number of esters is 1. The van der Waals surface area contributed by atoms with E-state index < -0.39 is 83.9 Å². The van der Waals surface area contributed by atoms with E-state index in [4.69, 9.17) is 23.7 Å². The van der Waals surface area contributed by atoms with E-state index in [1.807, 2.05) is 58.1 Å². The number of methoxy groups -OCH3 is 3. The maximum absolute atomic E-state index is 14.4. The zero-order chi connectivity index (χ0) is 48.2. The van der Waals surface area contributed by atoms with Gasteiger partial charge in [-0.25, -0.2) is 4.79 Å². The van der Waals surface area contributed by atoms with Crippen LogP contribution in [0.1, 0.15) is 126 Å². The van der Waals surface area contributed by atoms with Gasteiger partial charge < -0.3 is 43.9 Å². The van der Waals surface area contributed by atoms with Crippen molar-refractivity contribution in [2.75, 3.05) is 27.9 Å². The van der Waals surface area contributed by atoms with Gasteiger partial charge in [0, 0.05) is 58.5 Å². The van der Waals surface area contributed by atoms with Crippen molar-refractivity contribution < 1.29 is 63.0 Å². The van der Waals surface area contributed by atoms with E-state index in [1.165, 1.54) is 12.0 Å². The first kappa shape index (κ1) is 54.2. The van der Waals surface area contributed by atoms with Gasteiger partial charge in [0.1, 0.15) is 30.1 Å². The number of Topliss-reactive ketones (excluding diaryl/α,β-unsaturated/α-hetero) is 3. The van der Waals surface area contributed by atoms with Crippen LogP contribution in [0.2, 0.25) is 0 Å². The second-order valence-corrected chi connectivity index (χ2v) is 19.6. The molecule has 65 heavy (non-hydrogen) atoms. The number of ketones is 3. The van der Waals surface area contributed by atoms with Crippen LogP contribution in [0.3, 0.4) is 0 Å². The quantitative estimate of drug-likeness (QED) is 0.156. The third kappa shape index (κ3) is 14.3. The molecular formula is C51H79NO13. The van der Waals surface area contributed by atoms with Crippen LogP contribution in [0, 0.1) is 35.5 Å². The number of amides is 1. The first-order valence-corrected chi connectivity index (χ1v) is 23.9. The van der Waals surface area contributed by atoms with E-state index in [-0.39, 0.29) is 54.8 Å². The van der Waals surface area contributed by atoms with Gasteiger partial charge in [-0.1, -0.05) is 71.1 Å². The number of aliphatic hydroxyl groups excluding tert-OH is 2. The number of carbonyl (C=O) groups is 5. The predicted molar refractivity (Wildman–Crippen MR) is 245 cm³/mol. The first-order chi connectivity index (χ1) is 30.7. The molecule has 3 aliphatic heterocycles. The van der Waals surface area contributed by atoms with Gasteiger partial charge in [0.05, 0.1) is 24.4 Å². The van der Waals surface area contributed by atoms with Crippen LogP contribution in [0.25, 0.3) is 0 Å². The van der Waals surface area contributed by atoms with Crippen molar-refractivity contribution in [3.63, 3.8) is 0 Å². The Bertz CT molecular complexity index is 1760. The summed E-state index contributed by atoms with van der Waals surface area (Å²) in [6.45, 7) is 12.7. The number of rotatable bonds is 6. The number of hydrogen-bond acceptors (Lipinski definition) is 13. The van der Waals surface area contributed by atoms with Gasteiger partial charge in [-0.05, 0) is 107 Å². The predicted octanol–water partition coefficient (Wildman–Crippen LogP) is 6.18. The summed E-state index contributed by atoms with van der Waals surface area (Å²) in [5.74, 6) is -7.96. The number of cyclic esters (lactones) is 1. The van der Waals surface area contributed by atoms with Gasteiger partial charge in [0.15, 0.2) is 5.78 Å². The van der Waals surface area contributed by atoms with Crippen LogP contribution < -0.4 is 0 Å². The number of piperidine rings is 1. The molecule has 1 amide bonds. The molecule has 2 bridgehead atoms. The average Bonchev–Trinajstić information content (AvgIpc) is 3.28. The highest BCUT2D eigenvalue weighted by Crippen LogP contribution is 2.38. The summed E-state index contributed by atoms with van der Waals surface area (Å²) in [5, 5.41) is 33.8. The molecule has 366 valence electrons. The maximum atomic E-state index is 14.4. The van der Waals surface area contributed by atoms with Crippen LogP contribution in [0.15, 0.2) is 47.6 Å². The molecule has 14 nitrogen and oxygen atoms in total. The Kier molecular flexibility index (Phi) is 21.0. The number of fused-ring (bicyclic) bond motifs is 3. The zero-order valence-electron chi connectivity index (χ0n) is 40.6. The molecule has 0 spiro atoms. The Morgan fingerprint density at radius 1 is 0.846 bits per heavy atom. The topological polar surface area (TPSA) is 195 Å². The van der Waals surface area contributed by atoms with Gasteiger partial charge in [-0.2, -0.15) is 0 Å². The van der Waals surface area contributed by atoms with Crippen LogP contribution >= 0.6 is 0 Å². The molecule has 15 atom stereocenters. The van der Waals surface area contributed by atoms with E-state index in [2.05, 4.69) is 0 Å². The average molecular weight is 914 g/mol. The van der Waals surface area contributed by atoms with E-state index in [0.29, 0.717) is 63.4 Å². The number of carbonyl (C=O) groups excluding carboxylic acids is 5. The van der Waals surface area contributed by atoms with Gasteiger partial charge in [0.25, 0.3) is 11.7 Å². The molecule has 1 saturated carbocycles. The first-order valence-electron chi connectivity index (χ1n) is 23.9. The number of allylic oxidation sites excluding steroid dienone is 6. The summed E-state index contributed by atoms with van der Waals surface area (Å²) >= 11 is 0. The van der Waals surface area contributed by atoms with Crippen molar-refractivity contribution in [1.29, 1.82) is 0 Å². The van der Waals surface area contributed by atoms with Crippen molar-refractivity contribution in [3.05, 3.63) is 47.6 Å². The highest BCUT2D eigenvalue weighted by Gasteiger charge is 2.53.